The van der Waals surface area contributed by atoms with Crippen LogP contribution >= 0.6 is 11.8 Å². The first-order chi connectivity index (χ1) is 8.65. The number of rotatable bonds is 5. The second-order valence-corrected chi connectivity index (χ2v) is 7.02. The summed E-state index contributed by atoms with van der Waals surface area (Å²) >= 11 is 1.90. The highest BCUT2D eigenvalue weighted by molar-refractivity contribution is 7.99. The van der Waals surface area contributed by atoms with Crippen molar-refractivity contribution >= 4 is 11.8 Å². The molecule has 1 aliphatic rings. The van der Waals surface area contributed by atoms with Crippen molar-refractivity contribution < 1.29 is 0 Å². The van der Waals surface area contributed by atoms with Gasteiger partial charge in [0, 0.05) is 22.2 Å². The number of nitrogens with two attached hydrogens (primary N) is 1. The summed E-state index contributed by atoms with van der Waals surface area (Å²) < 4.78 is 0. The van der Waals surface area contributed by atoms with Gasteiger partial charge in [-0.3, -0.25) is 0 Å². The number of benzene rings is 1. The highest BCUT2D eigenvalue weighted by Crippen LogP contribution is 2.26. The van der Waals surface area contributed by atoms with Gasteiger partial charge in [0.05, 0.1) is 0 Å². The van der Waals surface area contributed by atoms with Crippen molar-refractivity contribution in [3.8, 4) is 0 Å². The highest BCUT2D eigenvalue weighted by atomic mass is 32.2. The average molecular weight is 264 g/mol. The molecule has 2 atom stereocenters. The van der Waals surface area contributed by atoms with Crippen LogP contribution in [0.3, 0.4) is 0 Å². The molecule has 3 heteroatoms. The van der Waals surface area contributed by atoms with E-state index in [1.165, 1.54) is 23.3 Å². The summed E-state index contributed by atoms with van der Waals surface area (Å²) in [5, 5.41) is 4.14. The Bertz CT molecular complexity index is 355. The molecule has 1 heterocycles. The molecule has 2 unspecified atom stereocenters. The van der Waals surface area contributed by atoms with E-state index in [4.69, 9.17) is 5.73 Å². The minimum Gasteiger partial charge on any atom is -0.324 e. The first-order valence-corrected chi connectivity index (χ1v) is 7.78. The number of hydrogen-bond donors (Lipinski definition) is 2. The van der Waals surface area contributed by atoms with Gasteiger partial charge < -0.3 is 11.1 Å². The first kappa shape index (κ1) is 13.9. The fourth-order valence-electron chi connectivity index (χ4n) is 2.47. The molecule has 2 rings (SSSR count). The number of thioether (sulfide) groups is 1. The smallest absolute Gasteiger partial charge is 0.0309 e. The van der Waals surface area contributed by atoms with Crippen LogP contribution in [0.15, 0.2) is 29.2 Å². The zero-order valence-electron chi connectivity index (χ0n) is 11.4. The standard InChI is InChI=1S/C15H24N2S/c1-11(2)18-14-7-5-12(6-8-14)15(16)10-13-4-3-9-17-13/h5-8,11,13,15,17H,3-4,9-10,16H2,1-2H3. The van der Waals surface area contributed by atoms with E-state index in [1.807, 2.05) is 11.8 Å². The molecule has 18 heavy (non-hydrogen) atoms. The van der Waals surface area contributed by atoms with Gasteiger partial charge in [-0.05, 0) is 43.5 Å². The molecule has 0 radical (unpaired) electrons. The molecular weight excluding hydrogens is 240 g/mol. The normalized spacial score (nSPS) is 21.4. The Labute approximate surface area is 115 Å². The zero-order chi connectivity index (χ0) is 13.0. The van der Waals surface area contributed by atoms with Gasteiger partial charge in [-0.2, -0.15) is 0 Å². The van der Waals surface area contributed by atoms with Crippen LogP contribution in [0, 0.1) is 0 Å². The molecule has 1 aromatic rings. The molecule has 100 valence electrons. The Kier molecular flexibility index (Phi) is 5.10. The molecule has 0 amide bonds. The number of hydrogen-bond acceptors (Lipinski definition) is 3. The fraction of sp³-hybridized carbons (Fsp3) is 0.600. The third-order valence-electron chi connectivity index (χ3n) is 3.38. The fourth-order valence-corrected chi connectivity index (χ4v) is 3.30. The maximum atomic E-state index is 6.28. The van der Waals surface area contributed by atoms with E-state index >= 15 is 0 Å². The summed E-state index contributed by atoms with van der Waals surface area (Å²) in [5.74, 6) is 0. The van der Waals surface area contributed by atoms with Crippen molar-refractivity contribution in [3.63, 3.8) is 0 Å². The monoisotopic (exact) mass is 264 g/mol. The Hall–Kier alpha value is -0.510. The van der Waals surface area contributed by atoms with Crippen LogP contribution in [0.2, 0.25) is 0 Å². The van der Waals surface area contributed by atoms with E-state index < -0.39 is 0 Å². The minimum absolute atomic E-state index is 0.165. The molecule has 1 aromatic carbocycles. The molecule has 0 aromatic heterocycles. The van der Waals surface area contributed by atoms with E-state index in [2.05, 4.69) is 43.4 Å². The first-order valence-electron chi connectivity index (χ1n) is 6.90. The predicted molar refractivity (Wildman–Crippen MR) is 80.0 cm³/mol. The van der Waals surface area contributed by atoms with Crippen LogP contribution in [-0.4, -0.2) is 17.8 Å². The Morgan fingerprint density at radius 3 is 2.61 bits per heavy atom. The van der Waals surface area contributed by atoms with Crippen molar-refractivity contribution in [3.05, 3.63) is 29.8 Å². The molecule has 1 aliphatic heterocycles. The second-order valence-electron chi connectivity index (χ2n) is 5.37. The molecule has 2 nitrogen and oxygen atoms in total. The summed E-state index contributed by atoms with van der Waals surface area (Å²) in [6.45, 7) is 5.59. The molecule has 0 bridgehead atoms. The second kappa shape index (κ2) is 6.60. The SMILES string of the molecule is CC(C)Sc1ccc(C(N)CC2CCCN2)cc1. The van der Waals surface area contributed by atoms with E-state index in [9.17, 15) is 0 Å². The predicted octanol–water partition coefficient (Wildman–Crippen LogP) is 3.33. The van der Waals surface area contributed by atoms with Gasteiger partial charge in [-0.15, -0.1) is 11.8 Å². The molecule has 3 N–H and O–H groups in total. The molecule has 1 saturated heterocycles. The van der Waals surface area contributed by atoms with E-state index in [-0.39, 0.29) is 6.04 Å². The van der Waals surface area contributed by atoms with Crippen LogP contribution < -0.4 is 11.1 Å². The summed E-state index contributed by atoms with van der Waals surface area (Å²) in [5.41, 5.74) is 7.54. The van der Waals surface area contributed by atoms with E-state index in [0.717, 1.165) is 13.0 Å². The van der Waals surface area contributed by atoms with Crippen LogP contribution in [-0.2, 0) is 0 Å². The van der Waals surface area contributed by atoms with Gasteiger partial charge in [0.2, 0.25) is 0 Å². The van der Waals surface area contributed by atoms with E-state index in [1.54, 1.807) is 0 Å². The quantitative estimate of drug-likeness (QED) is 0.801. The van der Waals surface area contributed by atoms with E-state index in [0.29, 0.717) is 11.3 Å². The third-order valence-corrected chi connectivity index (χ3v) is 4.40. The minimum atomic E-state index is 0.165. The van der Waals surface area contributed by atoms with Gasteiger partial charge in [0.1, 0.15) is 0 Å². The van der Waals surface area contributed by atoms with Crippen LogP contribution in [0.4, 0.5) is 0 Å². The molecule has 0 aliphatic carbocycles. The maximum Gasteiger partial charge on any atom is 0.0309 e. The summed E-state index contributed by atoms with van der Waals surface area (Å²) in [7, 11) is 0. The largest absolute Gasteiger partial charge is 0.324 e. The van der Waals surface area contributed by atoms with Gasteiger partial charge in [0.15, 0.2) is 0 Å². The molecular formula is C15H24N2S. The highest BCUT2D eigenvalue weighted by Gasteiger charge is 2.18. The molecule has 0 saturated carbocycles. The van der Waals surface area contributed by atoms with Gasteiger partial charge in [0.25, 0.3) is 0 Å². The Morgan fingerprint density at radius 1 is 1.33 bits per heavy atom. The summed E-state index contributed by atoms with van der Waals surface area (Å²) in [6.07, 6.45) is 3.62. The van der Waals surface area contributed by atoms with Crippen molar-refractivity contribution in [2.75, 3.05) is 6.54 Å². The van der Waals surface area contributed by atoms with Crippen molar-refractivity contribution in [1.82, 2.24) is 5.32 Å². The lowest BCUT2D eigenvalue weighted by atomic mass is 9.99. The third kappa shape index (κ3) is 4.01. The topological polar surface area (TPSA) is 38.0 Å². The van der Waals surface area contributed by atoms with Crippen LogP contribution in [0.1, 0.15) is 44.7 Å². The zero-order valence-corrected chi connectivity index (χ0v) is 12.2. The lowest BCUT2D eigenvalue weighted by Gasteiger charge is -2.17. The van der Waals surface area contributed by atoms with Crippen LogP contribution in [0.25, 0.3) is 0 Å². The average Bonchev–Trinajstić information content (AvgIpc) is 2.82. The van der Waals surface area contributed by atoms with Gasteiger partial charge >= 0.3 is 0 Å². The van der Waals surface area contributed by atoms with Crippen molar-refractivity contribution in [2.45, 2.75) is 55.3 Å². The molecule has 1 fully saturated rings. The van der Waals surface area contributed by atoms with Gasteiger partial charge in [-0.1, -0.05) is 26.0 Å². The summed E-state index contributed by atoms with van der Waals surface area (Å²) in [4.78, 5) is 1.33. The maximum absolute atomic E-state index is 6.28. The Balaban J connectivity index is 1.91. The van der Waals surface area contributed by atoms with Gasteiger partial charge in [-0.25, -0.2) is 0 Å². The lowest BCUT2D eigenvalue weighted by molar-refractivity contribution is 0.499. The number of nitrogens with one attached hydrogen (secondary N) is 1. The lowest BCUT2D eigenvalue weighted by Crippen LogP contribution is -2.26. The Morgan fingerprint density at radius 2 is 2.06 bits per heavy atom. The van der Waals surface area contributed by atoms with Crippen LogP contribution in [0.5, 0.6) is 0 Å². The summed E-state index contributed by atoms with van der Waals surface area (Å²) in [6, 6.07) is 9.54. The van der Waals surface area contributed by atoms with Crippen molar-refractivity contribution in [1.29, 1.82) is 0 Å². The molecule has 0 spiro atoms. The van der Waals surface area contributed by atoms with Crippen molar-refractivity contribution in [2.24, 2.45) is 5.73 Å².